The largest absolute Gasteiger partial charge is 0.499 e. The lowest BCUT2D eigenvalue weighted by Crippen LogP contribution is -2.18. The number of aliphatic hydroxyl groups is 1. The Balaban J connectivity index is 2.93. The van der Waals surface area contributed by atoms with E-state index in [1.807, 2.05) is 25.1 Å². The summed E-state index contributed by atoms with van der Waals surface area (Å²) in [5.41, 5.74) is 1.82. The Morgan fingerprint density at radius 2 is 1.68 bits per heavy atom. The Labute approximate surface area is 129 Å². The van der Waals surface area contributed by atoms with Gasteiger partial charge in [0, 0.05) is 0 Å². The monoisotopic (exact) mass is 308 g/mol. The summed E-state index contributed by atoms with van der Waals surface area (Å²) in [6, 6.07) is 7.43. The summed E-state index contributed by atoms with van der Waals surface area (Å²) in [6.07, 6.45) is 0. The molecule has 0 aliphatic rings. The third-order valence-electron chi connectivity index (χ3n) is 2.61. The van der Waals surface area contributed by atoms with Gasteiger partial charge in [-0.2, -0.15) is 0 Å². The lowest BCUT2D eigenvalue weighted by molar-refractivity contribution is -0.147. The van der Waals surface area contributed by atoms with Gasteiger partial charge in [0.15, 0.2) is 0 Å². The normalized spacial score (nSPS) is 11.4. The summed E-state index contributed by atoms with van der Waals surface area (Å²) in [5.74, 6) is -3.40. The number of benzene rings is 1. The van der Waals surface area contributed by atoms with Crippen LogP contribution in [0.25, 0.3) is 0 Å². The van der Waals surface area contributed by atoms with E-state index in [9.17, 15) is 14.7 Å². The SMILES string of the molecule is CCOC(=O)/C(O)=C(/OCc1cccc(C)c1)C(=O)OCC. The first-order valence-corrected chi connectivity index (χ1v) is 6.95. The molecular formula is C16H20O6. The highest BCUT2D eigenvalue weighted by Gasteiger charge is 2.25. The van der Waals surface area contributed by atoms with E-state index >= 15 is 0 Å². The van der Waals surface area contributed by atoms with Crippen LogP contribution in [0.5, 0.6) is 0 Å². The van der Waals surface area contributed by atoms with Crippen LogP contribution < -0.4 is 0 Å². The summed E-state index contributed by atoms with van der Waals surface area (Å²) < 4.78 is 14.7. The maximum Gasteiger partial charge on any atom is 0.377 e. The molecule has 0 bridgehead atoms. The van der Waals surface area contributed by atoms with E-state index < -0.39 is 23.5 Å². The van der Waals surface area contributed by atoms with E-state index in [4.69, 9.17) is 9.47 Å². The maximum atomic E-state index is 11.8. The van der Waals surface area contributed by atoms with Crippen LogP contribution in [0, 0.1) is 6.92 Å². The zero-order valence-electron chi connectivity index (χ0n) is 12.9. The second-order valence-corrected chi connectivity index (χ2v) is 4.40. The zero-order valence-corrected chi connectivity index (χ0v) is 12.9. The molecule has 22 heavy (non-hydrogen) atoms. The molecule has 0 saturated carbocycles. The second kappa shape index (κ2) is 8.71. The average Bonchev–Trinajstić information content (AvgIpc) is 2.48. The molecule has 0 fully saturated rings. The van der Waals surface area contributed by atoms with Gasteiger partial charge in [-0.25, -0.2) is 9.59 Å². The number of hydrogen-bond acceptors (Lipinski definition) is 6. The maximum absolute atomic E-state index is 11.8. The molecule has 0 saturated heterocycles. The summed E-state index contributed by atoms with van der Waals surface area (Å²) in [6.45, 7) is 5.28. The lowest BCUT2D eigenvalue weighted by atomic mass is 10.1. The van der Waals surface area contributed by atoms with Crippen molar-refractivity contribution in [2.24, 2.45) is 0 Å². The fourth-order valence-electron chi connectivity index (χ4n) is 1.67. The van der Waals surface area contributed by atoms with Gasteiger partial charge in [-0.15, -0.1) is 0 Å². The van der Waals surface area contributed by atoms with Gasteiger partial charge in [0.1, 0.15) is 6.61 Å². The number of esters is 2. The second-order valence-electron chi connectivity index (χ2n) is 4.40. The van der Waals surface area contributed by atoms with Gasteiger partial charge in [0.05, 0.1) is 13.2 Å². The van der Waals surface area contributed by atoms with Crippen molar-refractivity contribution in [3.63, 3.8) is 0 Å². The highest BCUT2D eigenvalue weighted by Crippen LogP contribution is 2.13. The standard InChI is InChI=1S/C16H20O6/c1-4-20-15(18)13(17)14(16(19)21-5-2)22-10-12-8-6-7-11(3)9-12/h6-9,17H,4-5,10H2,1-3H3/b14-13-. The highest BCUT2D eigenvalue weighted by molar-refractivity contribution is 5.97. The van der Waals surface area contributed by atoms with Crippen LogP contribution in [0.3, 0.4) is 0 Å². The molecular weight excluding hydrogens is 288 g/mol. The molecule has 6 nitrogen and oxygen atoms in total. The first-order chi connectivity index (χ1) is 10.5. The quantitative estimate of drug-likeness (QED) is 0.473. The van der Waals surface area contributed by atoms with Crippen molar-refractivity contribution >= 4 is 11.9 Å². The third-order valence-corrected chi connectivity index (χ3v) is 2.61. The van der Waals surface area contributed by atoms with Crippen molar-refractivity contribution in [1.29, 1.82) is 0 Å². The van der Waals surface area contributed by atoms with E-state index in [0.29, 0.717) is 0 Å². The molecule has 0 aromatic heterocycles. The number of carbonyl (C=O) groups excluding carboxylic acids is 2. The van der Waals surface area contributed by atoms with E-state index in [1.54, 1.807) is 19.9 Å². The smallest absolute Gasteiger partial charge is 0.377 e. The van der Waals surface area contributed by atoms with Crippen molar-refractivity contribution < 1.29 is 28.9 Å². The van der Waals surface area contributed by atoms with E-state index in [0.717, 1.165) is 11.1 Å². The number of aryl methyl sites for hydroxylation is 1. The minimum Gasteiger partial charge on any atom is -0.499 e. The van der Waals surface area contributed by atoms with Gasteiger partial charge in [-0.05, 0) is 26.3 Å². The molecule has 0 amide bonds. The molecule has 1 aromatic rings. The van der Waals surface area contributed by atoms with E-state index in [-0.39, 0.29) is 19.8 Å². The third kappa shape index (κ3) is 5.12. The fourth-order valence-corrected chi connectivity index (χ4v) is 1.67. The molecule has 0 aliphatic carbocycles. The molecule has 0 unspecified atom stereocenters. The molecule has 1 rings (SSSR count). The number of carbonyl (C=O) groups is 2. The Hall–Kier alpha value is -2.50. The van der Waals surface area contributed by atoms with Crippen LogP contribution >= 0.6 is 0 Å². The molecule has 0 heterocycles. The molecule has 120 valence electrons. The van der Waals surface area contributed by atoms with Crippen molar-refractivity contribution in [2.75, 3.05) is 13.2 Å². The molecule has 0 radical (unpaired) electrons. The van der Waals surface area contributed by atoms with Crippen LogP contribution in [0.1, 0.15) is 25.0 Å². The zero-order chi connectivity index (χ0) is 16.5. The molecule has 0 spiro atoms. The first-order valence-electron chi connectivity index (χ1n) is 6.95. The fraction of sp³-hybridized carbons (Fsp3) is 0.375. The summed E-state index contributed by atoms with van der Waals surface area (Å²) in [4.78, 5) is 23.3. The summed E-state index contributed by atoms with van der Waals surface area (Å²) in [5, 5.41) is 9.82. The van der Waals surface area contributed by atoms with Crippen LogP contribution in [0.2, 0.25) is 0 Å². The molecule has 6 heteroatoms. The minimum absolute atomic E-state index is 0.0132. The van der Waals surface area contributed by atoms with Gasteiger partial charge in [0.2, 0.25) is 0 Å². The number of ether oxygens (including phenoxy) is 3. The number of aliphatic hydroxyl groups excluding tert-OH is 1. The number of rotatable bonds is 7. The Morgan fingerprint density at radius 1 is 1.05 bits per heavy atom. The predicted molar refractivity (Wildman–Crippen MR) is 78.9 cm³/mol. The average molecular weight is 308 g/mol. The summed E-state index contributed by atoms with van der Waals surface area (Å²) in [7, 11) is 0. The van der Waals surface area contributed by atoms with E-state index in [1.165, 1.54) is 0 Å². The van der Waals surface area contributed by atoms with Gasteiger partial charge in [-0.1, -0.05) is 29.8 Å². The van der Waals surface area contributed by atoms with E-state index in [2.05, 4.69) is 4.74 Å². The van der Waals surface area contributed by atoms with Crippen LogP contribution in [-0.4, -0.2) is 30.3 Å². The summed E-state index contributed by atoms with van der Waals surface area (Å²) >= 11 is 0. The predicted octanol–water partition coefficient (Wildman–Crippen LogP) is 2.41. The van der Waals surface area contributed by atoms with Gasteiger partial charge >= 0.3 is 11.9 Å². The van der Waals surface area contributed by atoms with Crippen molar-refractivity contribution in [3.8, 4) is 0 Å². The minimum atomic E-state index is -1.03. The molecule has 1 aromatic carbocycles. The van der Waals surface area contributed by atoms with Crippen LogP contribution in [0.15, 0.2) is 35.8 Å². The Bertz CT molecular complexity index is 562. The van der Waals surface area contributed by atoms with Gasteiger partial charge < -0.3 is 19.3 Å². The van der Waals surface area contributed by atoms with Crippen LogP contribution in [0.4, 0.5) is 0 Å². The highest BCUT2D eigenvalue weighted by atomic mass is 16.6. The molecule has 1 N–H and O–H groups in total. The first kappa shape index (κ1) is 17.6. The van der Waals surface area contributed by atoms with Gasteiger partial charge in [0.25, 0.3) is 11.5 Å². The molecule has 0 atom stereocenters. The van der Waals surface area contributed by atoms with Gasteiger partial charge in [-0.3, -0.25) is 0 Å². The van der Waals surface area contributed by atoms with Crippen molar-refractivity contribution in [3.05, 3.63) is 46.9 Å². The number of hydrogen-bond donors (Lipinski definition) is 1. The lowest BCUT2D eigenvalue weighted by Gasteiger charge is -2.11. The Morgan fingerprint density at radius 3 is 2.27 bits per heavy atom. The topological polar surface area (TPSA) is 82.1 Å². The van der Waals surface area contributed by atoms with Crippen LogP contribution in [-0.2, 0) is 30.4 Å². The van der Waals surface area contributed by atoms with Crippen molar-refractivity contribution in [1.82, 2.24) is 0 Å². The molecule has 0 aliphatic heterocycles. The van der Waals surface area contributed by atoms with Crippen molar-refractivity contribution in [2.45, 2.75) is 27.4 Å². The Kier molecular flexibility index (Phi) is 6.95.